The van der Waals surface area contributed by atoms with Gasteiger partial charge in [-0.25, -0.2) is 8.42 Å². The van der Waals surface area contributed by atoms with Crippen LogP contribution in [0.4, 0.5) is 0 Å². The lowest BCUT2D eigenvalue weighted by atomic mass is 9.84. The normalized spacial score (nSPS) is 23.5. The number of nitrogens with zero attached hydrogens (tertiary/aromatic N) is 1. The highest BCUT2D eigenvalue weighted by Gasteiger charge is 2.32. The predicted octanol–water partition coefficient (Wildman–Crippen LogP) is 1.82. The maximum absolute atomic E-state index is 12.0. The Morgan fingerprint density at radius 1 is 1.19 bits per heavy atom. The summed E-state index contributed by atoms with van der Waals surface area (Å²) in [7, 11) is -2.97. The molecular weight excluding hydrogens is 479 g/mol. The summed E-state index contributed by atoms with van der Waals surface area (Å²) in [6.07, 6.45) is 7.07. The lowest BCUT2D eigenvalue weighted by molar-refractivity contribution is -0.121. The third-order valence-corrected chi connectivity index (χ3v) is 7.34. The van der Waals surface area contributed by atoms with Crippen molar-refractivity contribution < 1.29 is 13.2 Å². The van der Waals surface area contributed by atoms with Crippen molar-refractivity contribution in [1.29, 1.82) is 0 Å². The molecule has 1 heterocycles. The van der Waals surface area contributed by atoms with Gasteiger partial charge >= 0.3 is 0 Å². The fourth-order valence-electron chi connectivity index (χ4n) is 3.84. The molecule has 3 N–H and O–H groups in total. The first kappa shape index (κ1) is 24.5. The van der Waals surface area contributed by atoms with Crippen molar-refractivity contribution in [2.75, 3.05) is 31.1 Å². The monoisotopic (exact) mass is 514 g/mol. The summed E-state index contributed by atoms with van der Waals surface area (Å²) in [5.41, 5.74) is 0.341. The Hall–Kier alpha value is -0.580. The first-order valence-corrected chi connectivity index (χ1v) is 11.7. The molecule has 0 aromatic heterocycles. The molecule has 0 aromatic carbocycles. The molecule has 0 spiro atoms. The van der Waals surface area contributed by atoms with Crippen molar-refractivity contribution >= 4 is 45.7 Å². The van der Waals surface area contributed by atoms with Gasteiger partial charge < -0.3 is 16.0 Å². The minimum atomic E-state index is -2.97. The molecule has 0 radical (unpaired) electrons. The molecule has 1 unspecified atom stereocenters. The number of rotatable bonds is 8. The second-order valence-electron chi connectivity index (χ2n) is 7.60. The van der Waals surface area contributed by atoms with Gasteiger partial charge in [0.25, 0.3) is 0 Å². The summed E-state index contributed by atoms with van der Waals surface area (Å²) in [4.78, 5) is 16.7. The van der Waals surface area contributed by atoms with Crippen molar-refractivity contribution in [3.05, 3.63) is 0 Å². The van der Waals surface area contributed by atoms with Gasteiger partial charge in [0.2, 0.25) is 5.91 Å². The fraction of sp³-hybridized carbons (Fsp3) is 0.889. The van der Waals surface area contributed by atoms with Crippen LogP contribution in [0.1, 0.15) is 58.8 Å². The molecule has 7 nitrogen and oxygen atoms in total. The van der Waals surface area contributed by atoms with Gasteiger partial charge in [0.1, 0.15) is 0 Å². The molecule has 2 aliphatic rings. The summed E-state index contributed by atoms with van der Waals surface area (Å²) >= 11 is 0. The summed E-state index contributed by atoms with van der Waals surface area (Å²) in [6.45, 7) is 6.35. The Balaban J connectivity index is 0.00000364. The number of amides is 1. The number of sulfone groups is 1. The smallest absolute Gasteiger partial charge is 0.222 e. The van der Waals surface area contributed by atoms with Gasteiger partial charge in [-0.15, -0.1) is 24.0 Å². The zero-order valence-electron chi connectivity index (χ0n) is 16.6. The Morgan fingerprint density at radius 2 is 1.89 bits per heavy atom. The largest absolute Gasteiger partial charge is 0.357 e. The van der Waals surface area contributed by atoms with Crippen LogP contribution in [0.2, 0.25) is 0 Å². The van der Waals surface area contributed by atoms with Crippen molar-refractivity contribution in [2.45, 2.75) is 64.8 Å². The van der Waals surface area contributed by atoms with Crippen LogP contribution in [0.25, 0.3) is 0 Å². The first-order chi connectivity index (χ1) is 12.4. The van der Waals surface area contributed by atoms with Crippen molar-refractivity contribution in [3.63, 3.8) is 0 Å². The summed E-state index contributed by atoms with van der Waals surface area (Å²) < 4.78 is 22.9. The van der Waals surface area contributed by atoms with Crippen LogP contribution >= 0.6 is 24.0 Å². The SMILES string of the molecule is CCNC(=NCC1(CC)CCCC1)NCCC(=O)NC1CCS(=O)(=O)C1.I. The van der Waals surface area contributed by atoms with Gasteiger partial charge in [-0.05, 0) is 38.0 Å². The molecule has 2 fully saturated rings. The molecule has 1 amide bonds. The second kappa shape index (κ2) is 11.4. The fourth-order valence-corrected chi connectivity index (χ4v) is 5.51. The number of nitrogens with one attached hydrogen (secondary N) is 3. The lowest BCUT2D eigenvalue weighted by Crippen LogP contribution is -2.41. The molecule has 158 valence electrons. The Morgan fingerprint density at radius 3 is 2.44 bits per heavy atom. The van der Waals surface area contributed by atoms with Gasteiger partial charge in [-0.3, -0.25) is 9.79 Å². The van der Waals surface area contributed by atoms with Gasteiger partial charge in [0, 0.05) is 32.1 Å². The van der Waals surface area contributed by atoms with Gasteiger partial charge in [-0.2, -0.15) is 0 Å². The predicted molar refractivity (Wildman–Crippen MR) is 120 cm³/mol. The van der Waals surface area contributed by atoms with E-state index in [1.165, 1.54) is 25.7 Å². The van der Waals surface area contributed by atoms with Crippen LogP contribution in [0.15, 0.2) is 4.99 Å². The molecule has 0 bridgehead atoms. The van der Waals surface area contributed by atoms with E-state index in [0.717, 1.165) is 25.5 Å². The Labute approximate surface area is 180 Å². The highest BCUT2D eigenvalue weighted by atomic mass is 127. The lowest BCUT2D eigenvalue weighted by Gasteiger charge is -2.25. The summed E-state index contributed by atoms with van der Waals surface area (Å²) in [5.74, 6) is 0.877. The molecule has 1 aliphatic heterocycles. The quantitative estimate of drug-likeness (QED) is 0.261. The van der Waals surface area contributed by atoms with E-state index in [2.05, 4.69) is 22.9 Å². The molecule has 1 saturated carbocycles. The van der Waals surface area contributed by atoms with Crippen LogP contribution in [0.5, 0.6) is 0 Å². The van der Waals surface area contributed by atoms with E-state index in [9.17, 15) is 13.2 Å². The van der Waals surface area contributed by atoms with Crippen LogP contribution in [-0.4, -0.2) is 57.5 Å². The molecule has 0 aromatic rings. The van der Waals surface area contributed by atoms with Crippen molar-refractivity contribution in [3.8, 4) is 0 Å². The minimum Gasteiger partial charge on any atom is -0.357 e. The second-order valence-corrected chi connectivity index (χ2v) is 9.83. The van der Waals surface area contributed by atoms with E-state index in [1.807, 2.05) is 6.92 Å². The number of carbonyl (C=O) groups is 1. The molecule has 1 saturated heterocycles. The molecule has 9 heteroatoms. The van der Waals surface area contributed by atoms with E-state index in [4.69, 9.17) is 4.99 Å². The zero-order chi connectivity index (χ0) is 19.0. The highest BCUT2D eigenvalue weighted by molar-refractivity contribution is 14.0. The third-order valence-electron chi connectivity index (χ3n) is 5.57. The summed E-state index contributed by atoms with van der Waals surface area (Å²) in [5, 5.41) is 9.26. The number of guanidine groups is 1. The number of carbonyl (C=O) groups excluding carboxylic acids is 1. The average Bonchev–Trinajstić information content (AvgIpc) is 3.19. The van der Waals surface area contributed by atoms with Gasteiger partial charge in [0.05, 0.1) is 11.5 Å². The van der Waals surface area contributed by atoms with E-state index < -0.39 is 9.84 Å². The number of hydrogen-bond acceptors (Lipinski definition) is 4. The Kier molecular flexibility index (Phi) is 10.4. The molecule has 27 heavy (non-hydrogen) atoms. The van der Waals surface area contributed by atoms with Crippen LogP contribution in [-0.2, 0) is 14.6 Å². The molecule has 1 atom stereocenters. The van der Waals surface area contributed by atoms with Gasteiger partial charge in [0.15, 0.2) is 15.8 Å². The van der Waals surface area contributed by atoms with E-state index in [-0.39, 0.29) is 47.4 Å². The highest BCUT2D eigenvalue weighted by Crippen LogP contribution is 2.41. The van der Waals surface area contributed by atoms with E-state index in [1.54, 1.807) is 0 Å². The van der Waals surface area contributed by atoms with Crippen molar-refractivity contribution in [2.24, 2.45) is 10.4 Å². The maximum atomic E-state index is 12.0. The number of hydrogen-bond donors (Lipinski definition) is 3. The minimum absolute atomic E-state index is 0. The number of aliphatic imine (C=N–C) groups is 1. The molecule has 2 rings (SSSR count). The zero-order valence-corrected chi connectivity index (χ0v) is 19.7. The van der Waals surface area contributed by atoms with E-state index >= 15 is 0 Å². The molecular formula is C18H35IN4O3S. The van der Waals surface area contributed by atoms with E-state index in [0.29, 0.717) is 24.8 Å². The number of halogens is 1. The maximum Gasteiger partial charge on any atom is 0.222 e. The molecule has 1 aliphatic carbocycles. The average molecular weight is 514 g/mol. The van der Waals surface area contributed by atoms with Crippen LogP contribution in [0, 0.1) is 5.41 Å². The first-order valence-electron chi connectivity index (χ1n) is 9.90. The van der Waals surface area contributed by atoms with Crippen LogP contribution < -0.4 is 16.0 Å². The van der Waals surface area contributed by atoms with Crippen LogP contribution in [0.3, 0.4) is 0 Å². The topological polar surface area (TPSA) is 99.7 Å². The Bertz CT molecular complexity index is 604. The third kappa shape index (κ3) is 8.13. The van der Waals surface area contributed by atoms with Gasteiger partial charge in [-0.1, -0.05) is 19.8 Å². The standard InChI is InChI=1S/C18H34N4O3S.HI/c1-3-18(9-5-6-10-18)14-21-17(19-4-2)20-11-7-16(23)22-15-8-12-26(24,25)13-15;/h15H,3-14H2,1-2H3,(H,22,23)(H2,19,20,21);1H. The summed E-state index contributed by atoms with van der Waals surface area (Å²) in [6, 6.07) is -0.235. The van der Waals surface area contributed by atoms with Crippen molar-refractivity contribution in [1.82, 2.24) is 16.0 Å².